The van der Waals surface area contributed by atoms with Crippen LogP contribution in [0.1, 0.15) is 5.56 Å². The standard InChI is InChI=1S/C17H13N3O2/c1-9-5-4-7-11-13(17(21)19-14(9)11)16-15(20-22)10-6-2-3-8-12(10)18-16/h2-8,18-19,21H,1H3. The summed E-state index contributed by atoms with van der Waals surface area (Å²) in [6.07, 6.45) is 0. The highest BCUT2D eigenvalue weighted by atomic mass is 16.3. The molecule has 5 nitrogen and oxygen atoms in total. The van der Waals surface area contributed by atoms with Crippen molar-refractivity contribution in [2.75, 3.05) is 0 Å². The SMILES string of the molecule is Cc1cccc2c(-c3[nH]c4ccccc4c3N=O)c(O)[nH]c12. The lowest BCUT2D eigenvalue weighted by Gasteiger charge is -1.99. The maximum atomic E-state index is 11.4. The normalized spacial score (nSPS) is 11.3. The summed E-state index contributed by atoms with van der Waals surface area (Å²) >= 11 is 0. The van der Waals surface area contributed by atoms with E-state index in [0.29, 0.717) is 16.9 Å². The monoisotopic (exact) mass is 291 g/mol. The number of aryl methyl sites for hydroxylation is 1. The third-order valence-corrected chi connectivity index (χ3v) is 4.04. The Labute approximate surface area is 125 Å². The molecule has 0 fully saturated rings. The van der Waals surface area contributed by atoms with E-state index in [1.807, 2.05) is 49.4 Å². The first-order valence-electron chi connectivity index (χ1n) is 6.95. The Balaban J connectivity index is 2.14. The molecule has 0 saturated heterocycles. The minimum absolute atomic E-state index is 0.0285. The second kappa shape index (κ2) is 4.46. The van der Waals surface area contributed by atoms with Crippen molar-refractivity contribution in [3.05, 3.63) is 52.9 Å². The third kappa shape index (κ3) is 1.59. The largest absolute Gasteiger partial charge is 0.494 e. The number of nitrogens with zero attached hydrogens (tertiary/aromatic N) is 1. The molecule has 4 aromatic rings. The molecule has 2 aromatic carbocycles. The molecule has 0 spiro atoms. The van der Waals surface area contributed by atoms with E-state index in [1.54, 1.807) is 0 Å². The molecule has 22 heavy (non-hydrogen) atoms. The van der Waals surface area contributed by atoms with E-state index in [4.69, 9.17) is 0 Å². The molecular formula is C17H13N3O2. The number of aromatic amines is 2. The molecule has 0 aliphatic heterocycles. The van der Waals surface area contributed by atoms with Crippen molar-refractivity contribution in [2.45, 2.75) is 6.92 Å². The molecule has 0 amide bonds. The van der Waals surface area contributed by atoms with E-state index in [2.05, 4.69) is 15.1 Å². The number of nitroso groups, excluding NO2 is 1. The summed E-state index contributed by atoms with van der Waals surface area (Å²) in [6.45, 7) is 1.96. The zero-order chi connectivity index (χ0) is 15.3. The summed E-state index contributed by atoms with van der Waals surface area (Å²) in [5.41, 5.74) is 4.11. The van der Waals surface area contributed by atoms with Gasteiger partial charge in [-0.1, -0.05) is 36.4 Å². The fraction of sp³-hybridized carbons (Fsp3) is 0.0588. The van der Waals surface area contributed by atoms with E-state index in [0.717, 1.165) is 27.4 Å². The van der Waals surface area contributed by atoms with Gasteiger partial charge in [-0.2, -0.15) is 0 Å². The lowest BCUT2D eigenvalue weighted by Crippen LogP contribution is -1.78. The summed E-state index contributed by atoms with van der Waals surface area (Å²) in [5.74, 6) is 0.0285. The lowest BCUT2D eigenvalue weighted by molar-refractivity contribution is 0.460. The van der Waals surface area contributed by atoms with Gasteiger partial charge in [0.15, 0.2) is 5.88 Å². The molecule has 5 heteroatoms. The number of nitrogens with one attached hydrogen (secondary N) is 2. The van der Waals surface area contributed by atoms with Gasteiger partial charge in [0.2, 0.25) is 0 Å². The van der Waals surface area contributed by atoms with Crippen LogP contribution in [0.2, 0.25) is 0 Å². The maximum absolute atomic E-state index is 11.4. The molecule has 0 atom stereocenters. The van der Waals surface area contributed by atoms with Gasteiger partial charge in [0, 0.05) is 16.3 Å². The molecule has 0 unspecified atom stereocenters. The minimum atomic E-state index is 0.0285. The van der Waals surface area contributed by atoms with Crippen LogP contribution in [0, 0.1) is 11.8 Å². The van der Waals surface area contributed by atoms with E-state index >= 15 is 0 Å². The van der Waals surface area contributed by atoms with Crippen LogP contribution in [0.4, 0.5) is 5.69 Å². The number of hydrogen-bond acceptors (Lipinski definition) is 3. The summed E-state index contributed by atoms with van der Waals surface area (Å²) < 4.78 is 0. The lowest BCUT2D eigenvalue weighted by atomic mass is 10.1. The fourth-order valence-electron chi connectivity index (χ4n) is 3.01. The van der Waals surface area contributed by atoms with Crippen molar-refractivity contribution in [1.82, 2.24) is 9.97 Å². The number of aromatic hydroxyl groups is 1. The van der Waals surface area contributed by atoms with Crippen LogP contribution in [-0.4, -0.2) is 15.1 Å². The number of benzene rings is 2. The Morgan fingerprint density at radius 3 is 2.59 bits per heavy atom. The highest BCUT2D eigenvalue weighted by Gasteiger charge is 2.21. The second-order valence-electron chi connectivity index (χ2n) is 5.33. The Kier molecular flexibility index (Phi) is 2.56. The van der Waals surface area contributed by atoms with E-state index in [-0.39, 0.29) is 5.88 Å². The van der Waals surface area contributed by atoms with Gasteiger partial charge in [0.1, 0.15) is 5.69 Å². The van der Waals surface area contributed by atoms with Gasteiger partial charge in [-0.15, -0.1) is 4.91 Å². The summed E-state index contributed by atoms with van der Waals surface area (Å²) in [4.78, 5) is 17.5. The van der Waals surface area contributed by atoms with Gasteiger partial charge in [-0.25, -0.2) is 0 Å². The summed E-state index contributed by atoms with van der Waals surface area (Å²) in [5, 5.41) is 15.1. The molecule has 0 radical (unpaired) electrons. The topological polar surface area (TPSA) is 81.2 Å². The van der Waals surface area contributed by atoms with Gasteiger partial charge in [0.05, 0.1) is 16.8 Å². The average molecular weight is 291 g/mol. The van der Waals surface area contributed by atoms with Crippen LogP contribution in [-0.2, 0) is 0 Å². The van der Waals surface area contributed by atoms with Gasteiger partial charge < -0.3 is 15.1 Å². The van der Waals surface area contributed by atoms with E-state index < -0.39 is 0 Å². The maximum Gasteiger partial charge on any atom is 0.199 e. The number of hydrogen-bond donors (Lipinski definition) is 3. The average Bonchev–Trinajstić information content (AvgIpc) is 3.04. The van der Waals surface area contributed by atoms with Crippen LogP contribution < -0.4 is 0 Å². The highest BCUT2D eigenvalue weighted by Crippen LogP contribution is 2.44. The highest BCUT2D eigenvalue weighted by molar-refractivity contribution is 6.07. The first-order chi connectivity index (χ1) is 10.7. The number of aromatic nitrogens is 2. The van der Waals surface area contributed by atoms with Crippen LogP contribution in [0.5, 0.6) is 5.88 Å². The predicted octanol–water partition coefficient (Wildman–Crippen LogP) is 4.73. The fourth-order valence-corrected chi connectivity index (χ4v) is 3.01. The molecule has 0 aliphatic carbocycles. The molecular weight excluding hydrogens is 278 g/mol. The Morgan fingerprint density at radius 1 is 1.00 bits per heavy atom. The number of fused-ring (bicyclic) bond motifs is 2. The first kappa shape index (κ1) is 12.6. The van der Waals surface area contributed by atoms with Crippen LogP contribution >= 0.6 is 0 Å². The number of H-pyrrole nitrogens is 2. The first-order valence-corrected chi connectivity index (χ1v) is 6.95. The Bertz CT molecular complexity index is 1030. The van der Waals surface area contributed by atoms with Crippen LogP contribution in [0.15, 0.2) is 47.6 Å². The van der Waals surface area contributed by atoms with Crippen molar-refractivity contribution in [2.24, 2.45) is 5.18 Å². The van der Waals surface area contributed by atoms with Crippen molar-refractivity contribution in [3.8, 4) is 17.1 Å². The predicted molar refractivity (Wildman–Crippen MR) is 87.4 cm³/mol. The zero-order valence-corrected chi connectivity index (χ0v) is 11.8. The van der Waals surface area contributed by atoms with Gasteiger partial charge in [-0.05, 0) is 23.7 Å². The molecule has 4 rings (SSSR count). The second-order valence-corrected chi connectivity index (χ2v) is 5.33. The minimum Gasteiger partial charge on any atom is -0.494 e. The van der Waals surface area contributed by atoms with E-state index in [9.17, 15) is 10.0 Å². The van der Waals surface area contributed by atoms with Crippen LogP contribution in [0.3, 0.4) is 0 Å². The van der Waals surface area contributed by atoms with Crippen molar-refractivity contribution in [3.63, 3.8) is 0 Å². The molecule has 0 saturated carbocycles. The summed E-state index contributed by atoms with van der Waals surface area (Å²) in [6, 6.07) is 13.3. The van der Waals surface area contributed by atoms with E-state index in [1.165, 1.54) is 0 Å². The van der Waals surface area contributed by atoms with Gasteiger partial charge in [-0.3, -0.25) is 0 Å². The van der Waals surface area contributed by atoms with Crippen LogP contribution in [0.25, 0.3) is 33.1 Å². The number of para-hydroxylation sites is 2. The zero-order valence-electron chi connectivity index (χ0n) is 11.8. The Morgan fingerprint density at radius 2 is 1.77 bits per heavy atom. The van der Waals surface area contributed by atoms with Gasteiger partial charge >= 0.3 is 0 Å². The molecule has 2 heterocycles. The molecule has 2 aromatic heterocycles. The van der Waals surface area contributed by atoms with Crippen molar-refractivity contribution < 1.29 is 5.11 Å². The van der Waals surface area contributed by atoms with Gasteiger partial charge in [0.25, 0.3) is 0 Å². The molecule has 0 bridgehead atoms. The smallest absolute Gasteiger partial charge is 0.199 e. The van der Waals surface area contributed by atoms with Crippen molar-refractivity contribution in [1.29, 1.82) is 0 Å². The quantitative estimate of drug-likeness (QED) is 0.467. The van der Waals surface area contributed by atoms with Crippen molar-refractivity contribution >= 4 is 27.5 Å². The third-order valence-electron chi connectivity index (χ3n) is 4.04. The molecule has 3 N–H and O–H groups in total. The summed E-state index contributed by atoms with van der Waals surface area (Å²) in [7, 11) is 0. The number of rotatable bonds is 2. The Hall–Kier alpha value is -3.08. The molecule has 108 valence electrons. The molecule has 0 aliphatic rings.